The van der Waals surface area contributed by atoms with Crippen LogP contribution in [0.1, 0.15) is 53.0 Å². The number of rotatable bonds is 1. The van der Waals surface area contributed by atoms with Crippen LogP contribution in [0.3, 0.4) is 0 Å². The fraction of sp³-hybridized carbons (Fsp3) is 0.571. The Kier molecular flexibility index (Phi) is 7.44. The average molecular weight is 224 g/mol. The summed E-state index contributed by atoms with van der Waals surface area (Å²) in [6.07, 6.45) is 0. The fourth-order valence-electron chi connectivity index (χ4n) is 1.41. The van der Waals surface area contributed by atoms with Crippen molar-refractivity contribution in [1.29, 1.82) is 0 Å². The second-order valence-corrected chi connectivity index (χ2v) is 3.24. The summed E-state index contributed by atoms with van der Waals surface area (Å²) in [5.74, 6) is 2.29. The van der Waals surface area contributed by atoms with Gasteiger partial charge in [0, 0.05) is 5.56 Å². The van der Waals surface area contributed by atoms with E-state index in [1.807, 2.05) is 39.8 Å². The highest BCUT2D eigenvalue weighted by Gasteiger charge is 2.18. The molecule has 0 aromatic heterocycles. The van der Waals surface area contributed by atoms with E-state index in [2.05, 4.69) is 19.9 Å². The van der Waals surface area contributed by atoms with Gasteiger partial charge >= 0.3 is 0 Å². The molecule has 1 aromatic rings. The lowest BCUT2D eigenvalue weighted by Gasteiger charge is -2.07. The quantitative estimate of drug-likeness (QED) is 0.694. The summed E-state index contributed by atoms with van der Waals surface area (Å²) in [4.78, 5) is 0. The van der Waals surface area contributed by atoms with Gasteiger partial charge in [-0.15, -0.1) is 0 Å². The smallest absolute Gasteiger partial charge is 0.231 e. The van der Waals surface area contributed by atoms with Crippen LogP contribution in [-0.4, -0.2) is 6.79 Å². The molecule has 0 radical (unpaired) electrons. The monoisotopic (exact) mass is 224 g/mol. The molecule has 1 aliphatic rings. The van der Waals surface area contributed by atoms with Crippen molar-refractivity contribution in [2.75, 3.05) is 6.79 Å². The molecule has 2 nitrogen and oxygen atoms in total. The van der Waals surface area contributed by atoms with E-state index in [0.717, 1.165) is 11.5 Å². The van der Waals surface area contributed by atoms with Gasteiger partial charge in [-0.2, -0.15) is 0 Å². The first-order chi connectivity index (χ1) is 7.79. The fourth-order valence-corrected chi connectivity index (χ4v) is 1.41. The molecule has 1 aromatic carbocycles. The van der Waals surface area contributed by atoms with Gasteiger partial charge < -0.3 is 9.47 Å². The van der Waals surface area contributed by atoms with Crippen LogP contribution >= 0.6 is 0 Å². The Morgan fingerprint density at radius 2 is 1.62 bits per heavy atom. The van der Waals surface area contributed by atoms with E-state index in [4.69, 9.17) is 9.47 Å². The number of para-hydroxylation sites is 1. The van der Waals surface area contributed by atoms with E-state index >= 15 is 0 Å². The molecule has 0 fully saturated rings. The zero-order chi connectivity index (χ0) is 12.6. The van der Waals surface area contributed by atoms with E-state index in [0.29, 0.717) is 12.7 Å². The van der Waals surface area contributed by atoms with Gasteiger partial charge in [0.2, 0.25) is 6.79 Å². The molecular formula is C14H24O2. The van der Waals surface area contributed by atoms with Crippen LogP contribution in [0.5, 0.6) is 11.5 Å². The molecule has 2 rings (SSSR count). The van der Waals surface area contributed by atoms with Crippen molar-refractivity contribution in [1.82, 2.24) is 0 Å². The van der Waals surface area contributed by atoms with Crippen LogP contribution in [-0.2, 0) is 0 Å². The summed E-state index contributed by atoms with van der Waals surface area (Å²) >= 11 is 0. The number of fused-ring (bicyclic) bond motifs is 1. The molecule has 0 saturated heterocycles. The molecule has 0 amide bonds. The summed E-state index contributed by atoms with van der Waals surface area (Å²) in [7, 11) is 0. The maximum absolute atomic E-state index is 5.37. The Hall–Kier alpha value is -1.18. The van der Waals surface area contributed by atoms with Crippen molar-refractivity contribution in [2.45, 2.75) is 47.5 Å². The molecule has 0 N–H and O–H groups in total. The maximum atomic E-state index is 5.37. The minimum atomic E-state index is 0.360. The van der Waals surface area contributed by atoms with Gasteiger partial charge in [0.1, 0.15) is 0 Å². The first kappa shape index (κ1) is 14.8. The zero-order valence-corrected chi connectivity index (χ0v) is 11.3. The summed E-state index contributed by atoms with van der Waals surface area (Å²) in [6, 6.07) is 6.02. The van der Waals surface area contributed by atoms with Crippen LogP contribution in [0, 0.1) is 0 Å². The Balaban J connectivity index is 0.000000509. The van der Waals surface area contributed by atoms with Crippen molar-refractivity contribution >= 4 is 0 Å². The van der Waals surface area contributed by atoms with E-state index in [1.165, 1.54) is 5.56 Å². The molecule has 1 heterocycles. The normalized spacial score (nSPS) is 11.2. The van der Waals surface area contributed by atoms with Crippen LogP contribution < -0.4 is 9.47 Å². The minimum absolute atomic E-state index is 0.360. The number of hydrogen-bond donors (Lipinski definition) is 0. The zero-order valence-electron chi connectivity index (χ0n) is 11.3. The SMILES string of the molecule is CC.CC.CC(C)c1cccc2c1OCO2. The molecular weight excluding hydrogens is 200 g/mol. The summed E-state index contributed by atoms with van der Waals surface area (Å²) in [5.41, 5.74) is 1.23. The largest absolute Gasteiger partial charge is 0.454 e. The van der Waals surface area contributed by atoms with Gasteiger partial charge in [-0.05, 0) is 12.0 Å². The van der Waals surface area contributed by atoms with Gasteiger partial charge in [-0.1, -0.05) is 53.7 Å². The van der Waals surface area contributed by atoms with Gasteiger partial charge in [-0.25, -0.2) is 0 Å². The summed E-state index contributed by atoms with van der Waals surface area (Å²) in [5, 5.41) is 0. The highest BCUT2D eigenvalue weighted by Crippen LogP contribution is 2.38. The summed E-state index contributed by atoms with van der Waals surface area (Å²) < 4.78 is 10.6. The second-order valence-electron chi connectivity index (χ2n) is 3.24. The van der Waals surface area contributed by atoms with Crippen LogP contribution in [0.2, 0.25) is 0 Å². The number of benzene rings is 1. The van der Waals surface area contributed by atoms with Gasteiger partial charge in [0.15, 0.2) is 11.5 Å². The van der Waals surface area contributed by atoms with Crippen molar-refractivity contribution < 1.29 is 9.47 Å². The lowest BCUT2D eigenvalue weighted by molar-refractivity contribution is 0.173. The van der Waals surface area contributed by atoms with Crippen molar-refractivity contribution in [3.8, 4) is 11.5 Å². The van der Waals surface area contributed by atoms with Crippen LogP contribution in [0.4, 0.5) is 0 Å². The lowest BCUT2D eigenvalue weighted by Crippen LogP contribution is -1.95. The Morgan fingerprint density at radius 1 is 1.00 bits per heavy atom. The number of hydrogen-bond acceptors (Lipinski definition) is 2. The Morgan fingerprint density at radius 3 is 2.19 bits per heavy atom. The van der Waals surface area contributed by atoms with Crippen molar-refractivity contribution in [3.63, 3.8) is 0 Å². The van der Waals surface area contributed by atoms with E-state index in [1.54, 1.807) is 0 Å². The summed E-state index contributed by atoms with van der Waals surface area (Å²) in [6.45, 7) is 12.7. The topological polar surface area (TPSA) is 18.5 Å². The molecule has 16 heavy (non-hydrogen) atoms. The third-order valence-corrected chi connectivity index (χ3v) is 2.05. The van der Waals surface area contributed by atoms with Gasteiger partial charge in [0.25, 0.3) is 0 Å². The van der Waals surface area contributed by atoms with Crippen LogP contribution in [0.15, 0.2) is 18.2 Å². The van der Waals surface area contributed by atoms with Gasteiger partial charge in [0.05, 0.1) is 0 Å². The first-order valence-corrected chi connectivity index (χ1v) is 6.17. The maximum Gasteiger partial charge on any atom is 0.231 e. The molecule has 92 valence electrons. The van der Waals surface area contributed by atoms with Crippen LogP contribution in [0.25, 0.3) is 0 Å². The third-order valence-electron chi connectivity index (χ3n) is 2.05. The highest BCUT2D eigenvalue weighted by atomic mass is 16.7. The molecule has 2 heteroatoms. The first-order valence-electron chi connectivity index (χ1n) is 6.17. The number of ether oxygens (including phenoxy) is 2. The third kappa shape index (κ3) is 3.44. The molecule has 1 aliphatic heterocycles. The molecule has 0 bridgehead atoms. The van der Waals surface area contributed by atoms with Gasteiger partial charge in [-0.3, -0.25) is 0 Å². The van der Waals surface area contributed by atoms with Crippen molar-refractivity contribution in [2.24, 2.45) is 0 Å². The highest BCUT2D eigenvalue weighted by molar-refractivity contribution is 5.49. The van der Waals surface area contributed by atoms with E-state index in [9.17, 15) is 0 Å². The molecule has 0 spiro atoms. The van der Waals surface area contributed by atoms with Crippen molar-refractivity contribution in [3.05, 3.63) is 23.8 Å². The van der Waals surface area contributed by atoms with E-state index < -0.39 is 0 Å². The average Bonchev–Trinajstić information content (AvgIpc) is 2.81. The van der Waals surface area contributed by atoms with E-state index in [-0.39, 0.29) is 0 Å². The molecule has 0 atom stereocenters. The Labute approximate surface area is 99.6 Å². The predicted octanol–water partition coefficient (Wildman–Crippen LogP) is 4.59. The predicted molar refractivity (Wildman–Crippen MR) is 69.4 cm³/mol. The molecule has 0 aliphatic carbocycles. The Bertz CT molecular complexity index is 293. The molecule has 0 unspecified atom stereocenters. The lowest BCUT2D eigenvalue weighted by atomic mass is 10.0. The molecule has 0 saturated carbocycles. The minimum Gasteiger partial charge on any atom is -0.454 e. The standard InChI is InChI=1S/C10H12O2.2C2H6/c1-7(2)8-4-3-5-9-10(8)12-6-11-9;2*1-2/h3-5,7H,6H2,1-2H3;2*1-2H3. The second kappa shape index (κ2) is 8.03.